The van der Waals surface area contributed by atoms with Crippen LogP contribution >= 0.6 is 12.2 Å². The third-order valence-corrected chi connectivity index (χ3v) is 5.15. The van der Waals surface area contributed by atoms with Crippen molar-refractivity contribution in [1.82, 2.24) is 4.98 Å². The first-order valence-corrected chi connectivity index (χ1v) is 8.04. The fraction of sp³-hybridized carbons (Fsp3) is 0.625. The number of aryl methyl sites for hydroxylation is 2. The number of pyridine rings is 1. The van der Waals surface area contributed by atoms with E-state index in [1.165, 1.54) is 24.1 Å². The molecule has 1 aliphatic carbocycles. The van der Waals surface area contributed by atoms with Gasteiger partial charge < -0.3 is 10.6 Å². The van der Waals surface area contributed by atoms with Crippen LogP contribution in [0, 0.1) is 11.8 Å². The molecule has 1 aromatic heterocycles. The van der Waals surface area contributed by atoms with Crippen LogP contribution in [0.25, 0.3) is 0 Å². The van der Waals surface area contributed by atoms with Crippen LogP contribution in [0.3, 0.4) is 0 Å². The summed E-state index contributed by atoms with van der Waals surface area (Å²) in [4.78, 5) is 7.78. The van der Waals surface area contributed by atoms with Crippen molar-refractivity contribution in [1.29, 1.82) is 0 Å². The summed E-state index contributed by atoms with van der Waals surface area (Å²) in [5, 5.41) is 0. The molecule has 1 aromatic rings. The molecule has 1 fully saturated rings. The molecular formula is C16H23N3S. The Balaban J connectivity index is 1.97. The standard InChI is InChI=1S/C16H23N3S/c1-10-6-7-19(9-11(10)2)16-13(15(17)20)8-12-4-3-5-14(12)18-16/h8,10-11H,3-7,9H2,1-2H3,(H2,17,20). The zero-order valence-corrected chi connectivity index (χ0v) is 13.2. The highest BCUT2D eigenvalue weighted by Gasteiger charge is 2.27. The summed E-state index contributed by atoms with van der Waals surface area (Å²) in [6.07, 6.45) is 4.64. The Labute approximate surface area is 126 Å². The fourth-order valence-corrected chi connectivity index (χ4v) is 3.49. The average Bonchev–Trinajstić information content (AvgIpc) is 2.87. The van der Waals surface area contributed by atoms with Crippen LogP contribution in [0.2, 0.25) is 0 Å². The average molecular weight is 289 g/mol. The van der Waals surface area contributed by atoms with Gasteiger partial charge in [-0.3, -0.25) is 0 Å². The molecule has 3 rings (SSSR count). The number of anilines is 1. The maximum Gasteiger partial charge on any atom is 0.139 e. The molecule has 0 saturated carbocycles. The summed E-state index contributed by atoms with van der Waals surface area (Å²) >= 11 is 5.25. The van der Waals surface area contributed by atoms with Gasteiger partial charge in [0, 0.05) is 18.8 Å². The molecule has 20 heavy (non-hydrogen) atoms. The van der Waals surface area contributed by atoms with Crippen molar-refractivity contribution in [3.8, 4) is 0 Å². The van der Waals surface area contributed by atoms with E-state index >= 15 is 0 Å². The minimum absolute atomic E-state index is 0.480. The molecule has 0 amide bonds. The number of piperidine rings is 1. The summed E-state index contributed by atoms with van der Waals surface area (Å²) in [6.45, 7) is 6.78. The topological polar surface area (TPSA) is 42.2 Å². The van der Waals surface area contributed by atoms with Crippen molar-refractivity contribution >= 4 is 23.0 Å². The van der Waals surface area contributed by atoms with Gasteiger partial charge in [0.15, 0.2) is 0 Å². The molecule has 0 radical (unpaired) electrons. The van der Waals surface area contributed by atoms with Gasteiger partial charge in [0.2, 0.25) is 0 Å². The fourth-order valence-electron chi connectivity index (χ4n) is 3.34. The zero-order valence-electron chi connectivity index (χ0n) is 12.4. The number of rotatable bonds is 2. The number of hydrogen-bond donors (Lipinski definition) is 1. The molecule has 2 N–H and O–H groups in total. The monoisotopic (exact) mass is 289 g/mol. The van der Waals surface area contributed by atoms with Crippen molar-refractivity contribution in [2.45, 2.75) is 39.5 Å². The first kappa shape index (κ1) is 13.8. The van der Waals surface area contributed by atoms with Crippen molar-refractivity contribution in [3.63, 3.8) is 0 Å². The highest BCUT2D eigenvalue weighted by atomic mass is 32.1. The number of thiocarbonyl (C=S) groups is 1. The van der Waals surface area contributed by atoms with Crippen LogP contribution in [-0.2, 0) is 12.8 Å². The SMILES string of the molecule is CC1CCN(c2nc3c(cc2C(N)=S)CCC3)CC1C. The molecule has 0 bridgehead atoms. The number of nitrogens with zero attached hydrogens (tertiary/aromatic N) is 2. The van der Waals surface area contributed by atoms with Gasteiger partial charge in [-0.05, 0) is 49.1 Å². The van der Waals surface area contributed by atoms with Gasteiger partial charge in [-0.2, -0.15) is 0 Å². The van der Waals surface area contributed by atoms with Crippen molar-refractivity contribution in [2.24, 2.45) is 17.6 Å². The molecule has 4 heteroatoms. The lowest BCUT2D eigenvalue weighted by Gasteiger charge is -2.37. The first-order chi connectivity index (χ1) is 9.56. The van der Waals surface area contributed by atoms with Gasteiger partial charge in [-0.1, -0.05) is 26.1 Å². The van der Waals surface area contributed by atoms with Crippen LogP contribution in [0.5, 0.6) is 0 Å². The largest absolute Gasteiger partial charge is 0.389 e. The number of nitrogens with two attached hydrogens (primary N) is 1. The Bertz CT molecular complexity index is 541. The maximum absolute atomic E-state index is 5.94. The summed E-state index contributed by atoms with van der Waals surface area (Å²) in [7, 11) is 0. The van der Waals surface area contributed by atoms with Crippen LogP contribution in [0.4, 0.5) is 5.82 Å². The quantitative estimate of drug-likeness (QED) is 0.850. The van der Waals surface area contributed by atoms with Gasteiger partial charge in [0.25, 0.3) is 0 Å². The third kappa shape index (κ3) is 2.41. The number of aromatic nitrogens is 1. The van der Waals surface area contributed by atoms with Gasteiger partial charge in [0.1, 0.15) is 10.8 Å². The normalized spacial score (nSPS) is 25.6. The summed E-state index contributed by atoms with van der Waals surface area (Å²) in [6, 6.07) is 2.19. The molecule has 3 nitrogen and oxygen atoms in total. The predicted octanol–water partition coefficient (Wildman–Crippen LogP) is 2.69. The Kier molecular flexibility index (Phi) is 3.67. The van der Waals surface area contributed by atoms with Crippen LogP contribution in [-0.4, -0.2) is 23.1 Å². The lowest BCUT2D eigenvalue weighted by molar-refractivity contribution is 0.322. The Morgan fingerprint density at radius 2 is 2.15 bits per heavy atom. The summed E-state index contributed by atoms with van der Waals surface area (Å²) in [5.74, 6) is 2.50. The smallest absolute Gasteiger partial charge is 0.139 e. The molecule has 108 valence electrons. The second kappa shape index (κ2) is 5.32. The van der Waals surface area contributed by atoms with E-state index in [-0.39, 0.29) is 0 Å². The summed E-state index contributed by atoms with van der Waals surface area (Å²) < 4.78 is 0. The molecule has 2 aliphatic rings. The lowest BCUT2D eigenvalue weighted by atomic mass is 9.88. The molecule has 2 unspecified atom stereocenters. The molecule has 1 saturated heterocycles. The Morgan fingerprint density at radius 1 is 1.35 bits per heavy atom. The molecule has 2 atom stereocenters. The van der Waals surface area contributed by atoms with Gasteiger partial charge in [0.05, 0.1) is 5.56 Å². The lowest BCUT2D eigenvalue weighted by Crippen LogP contribution is -2.40. The Morgan fingerprint density at radius 3 is 2.85 bits per heavy atom. The molecular weight excluding hydrogens is 266 g/mol. The van der Waals surface area contributed by atoms with E-state index in [1.807, 2.05) is 0 Å². The van der Waals surface area contributed by atoms with E-state index < -0.39 is 0 Å². The number of fused-ring (bicyclic) bond motifs is 1. The second-order valence-corrected chi connectivity index (χ2v) is 6.81. The van der Waals surface area contributed by atoms with Crippen molar-refractivity contribution in [3.05, 3.63) is 22.9 Å². The maximum atomic E-state index is 5.94. The van der Waals surface area contributed by atoms with Crippen LogP contribution < -0.4 is 10.6 Å². The highest BCUT2D eigenvalue weighted by Crippen LogP contribution is 2.31. The van der Waals surface area contributed by atoms with Crippen molar-refractivity contribution in [2.75, 3.05) is 18.0 Å². The first-order valence-electron chi connectivity index (χ1n) is 7.64. The van der Waals surface area contributed by atoms with E-state index in [4.69, 9.17) is 22.9 Å². The van der Waals surface area contributed by atoms with E-state index in [1.54, 1.807) is 0 Å². The van der Waals surface area contributed by atoms with Crippen LogP contribution in [0.1, 0.15) is 43.5 Å². The molecule has 0 aromatic carbocycles. The van der Waals surface area contributed by atoms with Gasteiger partial charge in [-0.25, -0.2) is 4.98 Å². The molecule has 1 aliphatic heterocycles. The Hall–Kier alpha value is -1.16. The van der Waals surface area contributed by atoms with Gasteiger partial charge >= 0.3 is 0 Å². The molecule has 0 spiro atoms. The third-order valence-electron chi connectivity index (χ3n) is 4.93. The van der Waals surface area contributed by atoms with E-state index in [0.29, 0.717) is 10.9 Å². The summed E-state index contributed by atoms with van der Waals surface area (Å²) in [5.41, 5.74) is 9.51. The number of hydrogen-bond acceptors (Lipinski definition) is 3. The van der Waals surface area contributed by atoms with E-state index in [0.717, 1.165) is 43.2 Å². The van der Waals surface area contributed by atoms with Crippen molar-refractivity contribution < 1.29 is 0 Å². The van der Waals surface area contributed by atoms with Gasteiger partial charge in [-0.15, -0.1) is 0 Å². The predicted molar refractivity (Wildman–Crippen MR) is 87.3 cm³/mol. The minimum Gasteiger partial charge on any atom is -0.389 e. The zero-order chi connectivity index (χ0) is 14.3. The molecule has 2 heterocycles. The van der Waals surface area contributed by atoms with E-state index in [9.17, 15) is 0 Å². The highest BCUT2D eigenvalue weighted by molar-refractivity contribution is 7.80. The van der Waals surface area contributed by atoms with Crippen LogP contribution in [0.15, 0.2) is 6.07 Å². The van der Waals surface area contributed by atoms with E-state index in [2.05, 4.69) is 24.8 Å². The minimum atomic E-state index is 0.480. The second-order valence-electron chi connectivity index (χ2n) is 6.37.